The molecule has 0 atom stereocenters. The summed E-state index contributed by atoms with van der Waals surface area (Å²) in [5, 5.41) is 3.21. The quantitative estimate of drug-likeness (QED) is 0.646. The molecule has 0 aliphatic rings. The number of sulfonamides is 1. The molecule has 0 saturated heterocycles. The molecule has 0 fully saturated rings. The zero-order valence-corrected chi connectivity index (χ0v) is 15.8. The van der Waals surface area contributed by atoms with Crippen LogP contribution in [0.1, 0.15) is 10.4 Å². The molecule has 1 aromatic heterocycles. The second kappa shape index (κ2) is 7.43. The Morgan fingerprint density at radius 3 is 2.28 bits per heavy atom. The van der Waals surface area contributed by atoms with E-state index in [1.54, 1.807) is 42.6 Å². The summed E-state index contributed by atoms with van der Waals surface area (Å²) >= 11 is 7.20. The third-order valence-corrected chi connectivity index (χ3v) is 5.97. The molecular weight excluding hydrogens is 378 g/mol. The number of anilines is 2. The third kappa shape index (κ3) is 4.72. The van der Waals surface area contributed by atoms with Crippen molar-refractivity contribution < 1.29 is 8.42 Å². The van der Waals surface area contributed by atoms with E-state index in [0.717, 1.165) is 16.1 Å². The van der Waals surface area contributed by atoms with Crippen LogP contribution in [0.2, 0.25) is 4.47 Å². The third-order valence-electron chi connectivity index (χ3n) is 3.46. The Morgan fingerprint density at radius 1 is 1.04 bits per heavy atom. The number of rotatable bonds is 6. The van der Waals surface area contributed by atoms with Crippen molar-refractivity contribution in [3.63, 3.8) is 0 Å². The predicted octanol–water partition coefficient (Wildman–Crippen LogP) is 4.52. The van der Waals surface area contributed by atoms with Gasteiger partial charge in [-0.05, 0) is 43.3 Å². The Bertz CT molecular complexity index is 952. The Labute approximate surface area is 155 Å². The van der Waals surface area contributed by atoms with E-state index in [4.69, 9.17) is 11.6 Å². The van der Waals surface area contributed by atoms with E-state index >= 15 is 0 Å². The molecule has 3 rings (SSSR count). The standard InChI is InChI=1S/C17H16ClN3O2S2/c1-12-2-4-14(5-3-12)21-25(22,23)16-8-6-13(7-9-16)19-10-15-11-20-17(18)24-15/h2-9,11,19,21H,10H2,1H3. The lowest BCUT2D eigenvalue weighted by Crippen LogP contribution is -2.12. The summed E-state index contributed by atoms with van der Waals surface area (Å²) in [5.41, 5.74) is 2.43. The summed E-state index contributed by atoms with van der Waals surface area (Å²) < 4.78 is 27.9. The van der Waals surface area contributed by atoms with Crippen molar-refractivity contribution in [1.29, 1.82) is 0 Å². The molecule has 0 amide bonds. The van der Waals surface area contributed by atoms with Crippen molar-refractivity contribution in [2.75, 3.05) is 10.0 Å². The molecule has 2 N–H and O–H groups in total. The number of hydrogen-bond acceptors (Lipinski definition) is 5. The largest absolute Gasteiger partial charge is 0.380 e. The smallest absolute Gasteiger partial charge is 0.261 e. The monoisotopic (exact) mass is 393 g/mol. The van der Waals surface area contributed by atoms with Gasteiger partial charge in [0.1, 0.15) is 0 Å². The minimum absolute atomic E-state index is 0.208. The molecule has 0 radical (unpaired) electrons. The maximum Gasteiger partial charge on any atom is 0.261 e. The first-order valence-electron chi connectivity index (χ1n) is 7.46. The van der Waals surface area contributed by atoms with E-state index in [2.05, 4.69) is 15.0 Å². The van der Waals surface area contributed by atoms with Gasteiger partial charge in [-0.2, -0.15) is 0 Å². The van der Waals surface area contributed by atoms with Gasteiger partial charge >= 0.3 is 0 Å². The van der Waals surface area contributed by atoms with Gasteiger partial charge in [0.25, 0.3) is 10.0 Å². The van der Waals surface area contributed by atoms with Gasteiger partial charge in [-0.25, -0.2) is 13.4 Å². The summed E-state index contributed by atoms with van der Waals surface area (Å²) in [4.78, 5) is 5.19. The molecular formula is C17H16ClN3O2S2. The number of benzene rings is 2. The van der Waals surface area contributed by atoms with E-state index in [1.807, 2.05) is 19.1 Å². The number of nitrogens with one attached hydrogen (secondary N) is 2. The van der Waals surface area contributed by atoms with Crippen molar-refractivity contribution in [1.82, 2.24) is 4.98 Å². The average Bonchev–Trinajstić information content (AvgIpc) is 3.01. The van der Waals surface area contributed by atoms with Crippen LogP contribution in [0.4, 0.5) is 11.4 Å². The summed E-state index contributed by atoms with van der Waals surface area (Å²) in [5.74, 6) is 0. The highest BCUT2D eigenvalue weighted by molar-refractivity contribution is 7.92. The van der Waals surface area contributed by atoms with Crippen LogP contribution in [-0.2, 0) is 16.6 Å². The molecule has 0 unspecified atom stereocenters. The minimum atomic E-state index is -3.61. The maximum atomic E-state index is 12.4. The highest BCUT2D eigenvalue weighted by Gasteiger charge is 2.14. The van der Waals surface area contributed by atoms with Gasteiger partial charge in [0.05, 0.1) is 11.4 Å². The van der Waals surface area contributed by atoms with Crippen LogP contribution in [-0.4, -0.2) is 13.4 Å². The number of aryl methyl sites for hydroxylation is 1. The molecule has 0 spiro atoms. The Balaban J connectivity index is 1.67. The number of nitrogens with zero attached hydrogens (tertiary/aromatic N) is 1. The zero-order valence-electron chi connectivity index (χ0n) is 13.4. The fourth-order valence-electron chi connectivity index (χ4n) is 2.14. The van der Waals surface area contributed by atoms with Gasteiger partial charge in [0, 0.05) is 22.4 Å². The van der Waals surface area contributed by atoms with Crippen LogP contribution in [0.15, 0.2) is 59.6 Å². The highest BCUT2D eigenvalue weighted by atomic mass is 35.5. The van der Waals surface area contributed by atoms with Crippen LogP contribution >= 0.6 is 22.9 Å². The molecule has 130 valence electrons. The first-order chi connectivity index (χ1) is 11.9. The van der Waals surface area contributed by atoms with E-state index in [0.29, 0.717) is 16.7 Å². The first-order valence-corrected chi connectivity index (χ1v) is 10.1. The molecule has 2 aromatic carbocycles. The van der Waals surface area contributed by atoms with Gasteiger partial charge < -0.3 is 5.32 Å². The Hall–Kier alpha value is -2.09. The first kappa shape index (κ1) is 17.7. The predicted molar refractivity (Wildman–Crippen MR) is 103 cm³/mol. The second-order valence-corrected chi connectivity index (χ2v) is 8.81. The molecule has 0 aliphatic heterocycles. The van der Waals surface area contributed by atoms with Crippen molar-refractivity contribution in [2.24, 2.45) is 0 Å². The number of hydrogen-bond donors (Lipinski definition) is 2. The van der Waals surface area contributed by atoms with Gasteiger partial charge in [-0.15, -0.1) is 11.3 Å². The molecule has 5 nitrogen and oxygen atoms in total. The van der Waals surface area contributed by atoms with E-state index in [9.17, 15) is 8.42 Å². The maximum absolute atomic E-state index is 12.4. The lowest BCUT2D eigenvalue weighted by Gasteiger charge is -2.10. The van der Waals surface area contributed by atoms with Crippen molar-refractivity contribution >= 4 is 44.3 Å². The normalized spacial score (nSPS) is 11.3. The lowest BCUT2D eigenvalue weighted by molar-refractivity contribution is 0.601. The van der Waals surface area contributed by atoms with E-state index in [-0.39, 0.29) is 4.90 Å². The number of halogens is 1. The highest BCUT2D eigenvalue weighted by Crippen LogP contribution is 2.21. The van der Waals surface area contributed by atoms with Crippen molar-refractivity contribution in [2.45, 2.75) is 18.4 Å². The summed E-state index contributed by atoms with van der Waals surface area (Å²) in [7, 11) is -3.61. The fraction of sp³-hybridized carbons (Fsp3) is 0.118. The van der Waals surface area contributed by atoms with Crippen molar-refractivity contribution in [3.8, 4) is 0 Å². The fourth-order valence-corrected chi connectivity index (χ4v) is 4.12. The summed E-state index contributed by atoms with van der Waals surface area (Å²) in [6, 6.07) is 13.8. The molecule has 3 aromatic rings. The number of thiazole rings is 1. The Morgan fingerprint density at radius 2 is 1.68 bits per heavy atom. The van der Waals surface area contributed by atoms with Crippen LogP contribution in [0, 0.1) is 6.92 Å². The minimum Gasteiger partial charge on any atom is -0.380 e. The summed E-state index contributed by atoms with van der Waals surface area (Å²) in [6.45, 7) is 2.53. The topological polar surface area (TPSA) is 71.1 Å². The van der Waals surface area contributed by atoms with Crippen LogP contribution in [0.3, 0.4) is 0 Å². The molecule has 8 heteroatoms. The molecule has 1 heterocycles. The van der Waals surface area contributed by atoms with Gasteiger partial charge in [-0.1, -0.05) is 29.3 Å². The Kier molecular flexibility index (Phi) is 5.27. The van der Waals surface area contributed by atoms with Gasteiger partial charge in [0.2, 0.25) is 0 Å². The molecule has 0 bridgehead atoms. The van der Waals surface area contributed by atoms with Gasteiger partial charge in [-0.3, -0.25) is 4.72 Å². The SMILES string of the molecule is Cc1ccc(NS(=O)(=O)c2ccc(NCc3cnc(Cl)s3)cc2)cc1. The van der Waals surface area contributed by atoms with E-state index in [1.165, 1.54) is 11.3 Å². The second-order valence-electron chi connectivity index (χ2n) is 5.43. The zero-order chi connectivity index (χ0) is 17.9. The molecule has 0 aliphatic carbocycles. The van der Waals surface area contributed by atoms with Gasteiger partial charge in [0.15, 0.2) is 4.47 Å². The van der Waals surface area contributed by atoms with Crippen LogP contribution in [0.5, 0.6) is 0 Å². The lowest BCUT2D eigenvalue weighted by atomic mass is 10.2. The molecule has 0 saturated carbocycles. The van der Waals surface area contributed by atoms with E-state index < -0.39 is 10.0 Å². The van der Waals surface area contributed by atoms with Crippen LogP contribution in [0.25, 0.3) is 0 Å². The summed E-state index contributed by atoms with van der Waals surface area (Å²) in [6.07, 6.45) is 1.71. The van der Waals surface area contributed by atoms with Crippen molar-refractivity contribution in [3.05, 3.63) is 69.6 Å². The molecule has 25 heavy (non-hydrogen) atoms. The average molecular weight is 394 g/mol. The number of aromatic nitrogens is 1. The van der Waals surface area contributed by atoms with Crippen LogP contribution < -0.4 is 10.0 Å².